The van der Waals surface area contributed by atoms with Crippen LogP contribution in [0.3, 0.4) is 0 Å². The summed E-state index contributed by atoms with van der Waals surface area (Å²) in [5.41, 5.74) is 2.05. The van der Waals surface area contributed by atoms with Crippen molar-refractivity contribution < 1.29 is 4.74 Å². The Morgan fingerprint density at radius 3 is 2.15 bits per heavy atom. The maximum atomic E-state index is 10.7. The third kappa shape index (κ3) is 2.78. The van der Waals surface area contributed by atoms with Crippen LogP contribution in [0, 0.1) is 5.21 Å². The molecule has 0 bridgehead atoms. The molecule has 0 heterocycles. The zero-order valence-corrected chi connectivity index (χ0v) is 8.19. The van der Waals surface area contributed by atoms with E-state index in [9.17, 15) is 5.21 Å². The number of hydroxylamine groups is 1. The van der Waals surface area contributed by atoms with Gasteiger partial charge in [0, 0.05) is 25.3 Å². The van der Waals surface area contributed by atoms with E-state index in [-0.39, 0.29) is 0 Å². The van der Waals surface area contributed by atoms with Gasteiger partial charge in [-0.3, -0.25) is 0 Å². The Balaban J connectivity index is 2.88. The molecule has 13 heavy (non-hydrogen) atoms. The van der Waals surface area contributed by atoms with Crippen LogP contribution >= 0.6 is 0 Å². The van der Waals surface area contributed by atoms with Gasteiger partial charge in [0.15, 0.2) is 6.21 Å². The molecule has 70 valence electrons. The molecule has 0 unspecified atom stereocenters. The van der Waals surface area contributed by atoms with E-state index in [1.807, 2.05) is 43.3 Å². The molecule has 1 rings (SSSR count). The van der Waals surface area contributed by atoms with Crippen molar-refractivity contribution in [3.63, 3.8) is 0 Å². The minimum absolute atomic E-state index is 0.796. The summed E-state index contributed by atoms with van der Waals surface area (Å²) in [5, 5.41) is 10.7. The molecule has 0 saturated heterocycles. The van der Waals surface area contributed by atoms with Crippen LogP contribution in [0.4, 0.5) is 5.69 Å². The molecular formula is C10H14N2O. The summed E-state index contributed by atoms with van der Waals surface area (Å²) in [7, 11) is 5.44. The lowest BCUT2D eigenvalue weighted by Crippen LogP contribution is -2.08. The number of hydrogen-bond acceptors (Lipinski definition) is 2. The topological polar surface area (TPSA) is 29.3 Å². The zero-order valence-electron chi connectivity index (χ0n) is 8.19. The van der Waals surface area contributed by atoms with Gasteiger partial charge >= 0.3 is 0 Å². The monoisotopic (exact) mass is 178 g/mol. The zero-order chi connectivity index (χ0) is 9.84. The van der Waals surface area contributed by atoms with Gasteiger partial charge in [-0.2, -0.15) is 0 Å². The normalized spacial score (nSPS) is 11.5. The van der Waals surface area contributed by atoms with Gasteiger partial charge in [0.2, 0.25) is 0 Å². The van der Waals surface area contributed by atoms with E-state index in [2.05, 4.69) is 0 Å². The average molecular weight is 178 g/mol. The third-order valence-corrected chi connectivity index (χ3v) is 1.74. The molecule has 1 aromatic carbocycles. The van der Waals surface area contributed by atoms with Crippen LogP contribution < -0.4 is 4.90 Å². The lowest BCUT2D eigenvalue weighted by molar-refractivity contribution is -0.416. The van der Waals surface area contributed by atoms with E-state index in [1.54, 1.807) is 6.21 Å². The highest BCUT2D eigenvalue weighted by molar-refractivity contribution is 5.76. The fourth-order valence-electron chi connectivity index (χ4n) is 1.07. The Kier molecular flexibility index (Phi) is 2.90. The highest BCUT2D eigenvalue weighted by atomic mass is 16.5. The first-order valence-corrected chi connectivity index (χ1v) is 4.12. The van der Waals surface area contributed by atoms with E-state index in [0.717, 1.165) is 16.0 Å². The van der Waals surface area contributed by atoms with Crippen LogP contribution in [-0.4, -0.2) is 32.1 Å². The second-order valence-corrected chi connectivity index (χ2v) is 3.16. The summed E-state index contributed by atoms with van der Waals surface area (Å²) >= 11 is 0. The van der Waals surface area contributed by atoms with Crippen molar-refractivity contribution in [3.8, 4) is 0 Å². The van der Waals surface area contributed by atoms with Gasteiger partial charge in [-0.05, 0) is 24.3 Å². The second-order valence-electron chi connectivity index (χ2n) is 3.16. The fourth-order valence-corrected chi connectivity index (χ4v) is 1.07. The van der Waals surface area contributed by atoms with Crippen LogP contribution in [0.25, 0.3) is 0 Å². The molecule has 0 spiro atoms. The minimum Gasteiger partial charge on any atom is -0.624 e. The van der Waals surface area contributed by atoms with E-state index in [0.29, 0.717) is 0 Å². The Hall–Kier alpha value is -1.51. The average Bonchev–Trinajstić information content (AvgIpc) is 2.04. The number of anilines is 1. The molecule has 0 N–H and O–H groups in total. The van der Waals surface area contributed by atoms with Crippen molar-refractivity contribution in [2.45, 2.75) is 0 Å². The molecule has 0 saturated carbocycles. The summed E-state index contributed by atoms with van der Waals surface area (Å²) in [6, 6.07) is 7.80. The molecule has 0 aromatic heterocycles. The predicted molar refractivity (Wildman–Crippen MR) is 55.5 cm³/mol. The van der Waals surface area contributed by atoms with E-state index >= 15 is 0 Å². The number of nitrogens with zero attached hydrogens (tertiary/aromatic N) is 2. The molecule has 3 nitrogen and oxygen atoms in total. The van der Waals surface area contributed by atoms with Crippen molar-refractivity contribution in [2.75, 3.05) is 26.0 Å². The van der Waals surface area contributed by atoms with E-state index in [1.165, 1.54) is 7.05 Å². The Bertz CT molecular complexity index is 297. The van der Waals surface area contributed by atoms with Crippen molar-refractivity contribution in [1.29, 1.82) is 0 Å². The van der Waals surface area contributed by atoms with Gasteiger partial charge in [-0.1, -0.05) is 0 Å². The predicted octanol–water partition coefficient (Wildman–Crippen LogP) is 1.31. The van der Waals surface area contributed by atoms with Gasteiger partial charge < -0.3 is 10.1 Å². The van der Waals surface area contributed by atoms with Gasteiger partial charge in [0.1, 0.15) is 7.05 Å². The van der Waals surface area contributed by atoms with Crippen LogP contribution in [-0.2, 0) is 0 Å². The molecule has 0 aliphatic heterocycles. The molecule has 0 fully saturated rings. The molecule has 0 aliphatic carbocycles. The third-order valence-electron chi connectivity index (χ3n) is 1.74. The molecule has 0 atom stereocenters. The fraction of sp³-hybridized carbons (Fsp3) is 0.300. The molecule has 3 heteroatoms. The first-order chi connectivity index (χ1) is 6.09. The van der Waals surface area contributed by atoms with Crippen LogP contribution in [0.15, 0.2) is 24.3 Å². The van der Waals surface area contributed by atoms with Gasteiger partial charge in [-0.25, -0.2) is 4.74 Å². The van der Waals surface area contributed by atoms with Crippen molar-refractivity contribution in [3.05, 3.63) is 35.0 Å². The standard InChI is InChI=1S/C10H14N2O/c1-11(2)10-6-4-9(5-7-10)8-12(3)13/h4-8H,1-3H3/b12-8-. The minimum atomic E-state index is 0.796. The molecule has 0 radical (unpaired) electrons. The maximum absolute atomic E-state index is 10.7. The lowest BCUT2D eigenvalue weighted by Gasteiger charge is -2.11. The summed E-state index contributed by atoms with van der Waals surface area (Å²) in [6.07, 6.45) is 1.54. The van der Waals surface area contributed by atoms with Crippen LogP contribution in [0.1, 0.15) is 5.56 Å². The quantitative estimate of drug-likeness (QED) is 0.296. The molecule has 1 aromatic rings. The SMILES string of the molecule is CN(C)c1ccc(/C=[N+](/C)[O-])cc1. The number of benzene rings is 1. The summed E-state index contributed by atoms with van der Waals surface area (Å²) in [5.74, 6) is 0. The summed E-state index contributed by atoms with van der Waals surface area (Å²) in [6.45, 7) is 0. The van der Waals surface area contributed by atoms with Crippen molar-refractivity contribution in [2.24, 2.45) is 0 Å². The highest BCUT2D eigenvalue weighted by Gasteiger charge is 1.95. The van der Waals surface area contributed by atoms with E-state index < -0.39 is 0 Å². The van der Waals surface area contributed by atoms with Crippen molar-refractivity contribution >= 4 is 11.9 Å². The Morgan fingerprint density at radius 1 is 1.23 bits per heavy atom. The molecular weight excluding hydrogens is 164 g/mol. The van der Waals surface area contributed by atoms with Crippen molar-refractivity contribution in [1.82, 2.24) is 0 Å². The summed E-state index contributed by atoms with van der Waals surface area (Å²) in [4.78, 5) is 2.02. The Labute approximate surface area is 78.5 Å². The van der Waals surface area contributed by atoms with Crippen LogP contribution in [0.2, 0.25) is 0 Å². The number of hydrogen-bond donors (Lipinski definition) is 0. The lowest BCUT2D eigenvalue weighted by atomic mass is 10.2. The maximum Gasteiger partial charge on any atom is 0.181 e. The first-order valence-electron chi connectivity index (χ1n) is 4.12. The van der Waals surface area contributed by atoms with Gasteiger partial charge in [0.05, 0.1) is 0 Å². The van der Waals surface area contributed by atoms with Gasteiger partial charge in [0.25, 0.3) is 0 Å². The Morgan fingerprint density at radius 2 is 1.77 bits per heavy atom. The van der Waals surface area contributed by atoms with E-state index in [4.69, 9.17) is 0 Å². The van der Waals surface area contributed by atoms with Crippen LogP contribution in [0.5, 0.6) is 0 Å². The molecule has 0 amide bonds. The largest absolute Gasteiger partial charge is 0.624 e. The van der Waals surface area contributed by atoms with Gasteiger partial charge in [-0.15, -0.1) is 0 Å². The first kappa shape index (κ1) is 9.58. The smallest absolute Gasteiger partial charge is 0.181 e. The number of rotatable bonds is 2. The second kappa shape index (κ2) is 3.94. The highest BCUT2D eigenvalue weighted by Crippen LogP contribution is 2.10. The molecule has 0 aliphatic rings. The summed E-state index contributed by atoms with van der Waals surface area (Å²) < 4.78 is 0.796.